The number of anilines is 1. The van der Waals surface area contributed by atoms with Gasteiger partial charge in [0.05, 0.1) is 0 Å². The summed E-state index contributed by atoms with van der Waals surface area (Å²) in [5.74, 6) is 0.466. The number of hydrogen-bond donors (Lipinski definition) is 1. The van der Waals surface area contributed by atoms with E-state index in [1.54, 1.807) is 0 Å². The molecule has 1 nitrogen and oxygen atoms in total. The Balaban J connectivity index is 1.99. The van der Waals surface area contributed by atoms with Gasteiger partial charge in [0, 0.05) is 21.7 Å². The van der Waals surface area contributed by atoms with Crippen molar-refractivity contribution in [2.75, 3.05) is 11.9 Å². The first-order chi connectivity index (χ1) is 8.66. The fourth-order valence-corrected chi connectivity index (χ4v) is 2.62. The van der Waals surface area contributed by atoms with E-state index in [2.05, 4.69) is 52.4 Å². The summed E-state index contributed by atoms with van der Waals surface area (Å²) in [6.07, 6.45) is 0. The first-order valence-electron chi connectivity index (χ1n) is 5.90. The molecular weight excluding hydrogens is 310 g/mol. The van der Waals surface area contributed by atoms with Crippen molar-refractivity contribution in [3.05, 3.63) is 63.6 Å². The van der Waals surface area contributed by atoms with Crippen molar-refractivity contribution >= 4 is 33.2 Å². The molecule has 1 N–H and O–H groups in total. The van der Waals surface area contributed by atoms with Gasteiger partial charge in [-0.05, 0) is 45.6 Å². The van der Waals surface area contributed by atoms with Crippen LogP contribution in [-0.2, 0) is 0 Å². The van der Waals surface area contributed by atoms with Crippen molar-refractivity contribution in [2.45, 2.75) is 12.8 Å². The van der Waals surface area contributed by atoms with Crippen LogP contribution >= 0.6 is 27.5 Å². The average molecular weight is 325 g/mol. The summed E-state index contributed by atoms with van der Waals surface area (Å²) in [7, 11) is 0. The number of nitrogens with one attached hydrogen (secondary N) is 1. The zero-order chi connectivity index (χ0) is 13.0. The molecule has 1 unspecified atom stereocenters. The molecule has 0 amide bonds. The molecular formula is C15H15BrClN. The topological polar surface area (TPSA) is 12.0 Å². The maximum Gasteiger partial charge on any atom is 0.0485 e. The third-order valence-electron chi connectivity index (χ3n) is 2.90. The van der Waals surface area contributed by atoms with Crippen molar-refractivity contribution in [3.63, 3.8) is 0 Å². The molecule has 0 aliphatic carbocycles. The summed E-state index contributed by atoms with van der Waals surface area (Å²) >= 11 is 9.42. The zero-order valence-corrected chi connectivity index (χ0v) is 12.5. The molecule has 2 aromatic carbocycles. The SMILES string of the molecule is CC(CNc1ccc(Cl)cc1Br)c1ccccc1. The van der Waals surface area contributed by atoms with Gasteiger partial charge in [-0.1, -0.05) is 48.9 Å². The molecule has 18 heavy (non-hydrogen) atoms. The van der Waals surface area contributed by atoms with E-state index in [1.165, 1.54) is 5.56 Å². The van der Waals surface area contributed by atoms with Crippen LogP contribution in [0, 0.1) is 0 Å². The predicted octanol–water partition coefficient (Wildman–Crippen LogP) is 5.32. The molecule has 0 saturated heterocycles. The lowest BCUT2D eigenvalue weighted by Crippen LogP contribution is -2.10. The Morgan fingerprint density at radius 2 is 1.89 bits per heavy atom. The Bertz CT molecular complexity index is 513. The number of hydrogen-bond acceptors (Lipinski definition) is 1. The largest absolute Gasteiger partial charge is 0.384 e. The van der Waals surface area contributed by atoms with Crippen LogP contribution in [0.1, 0.15) is 18.4 Å². The van der Waals surface area contributed by atoms with E-state index >= 15 is 0 Å². The monoisotopic (exact) mass is 323 g/mol. The van der Waals surface area contributed by atoms with Gasteiger partial charge in [-0.3, -0.25) is 0 Å². The highest BCUT2D eigenvalue weighted by molar-refractivity contribution is 9.10. The fraction of sp³-hybridized carbons (Fsp3) is 0.200. The molecule has 0 saturated carbocycles. The van der Waals surface area contributed by atoms with Crippen molar-refractivity contribution in [1.29, 1.82) is 0 Å². The van der Waals surface area contributed by atoms with Crippen LogP contribution in [0.4, 0.5) is 5.69 Å². The standard InChI is InChI=1S/C15H15BrClN/c1-11(12-5-3-2-4-6-12)10-18-15-8-7-13(17)9-14(15)16/h2-9,11,18H,10H2,1H3. The van der Waals surface area contributed by atoms with Gasteiger partial charge in [0.25, 0.3) is 0 Å². The second kappa shape index (κ2) is 6.26. The Morgan fingerprint density at radius 1 is 1.17 bits per heavy atom. The summed E-state index contributed by atoms with van der Waals surface area (Å²) in [5, 5.41) is 4.17. The number of halogens is 2. The van der Waals surface area contributed by atoms with Gasteiger partial charge in [-0.25, -0.2) is 0 Å². The molecule has 0 aliphatic heterocycles. The number of rotatable bonds is 4. The molecule has 0 aliphatic rings. The Hall–Kier alpha value is -0.990. The average Bonchev–Trinajstić information content (AvgIpc) is 2.38. The molecule has 0 spiro atoms. The molecule has 94 valence electrons. The van der Waals surface area contributed by atoms with E-state index in [0.29, 0.717) is 5.92 Å². The molecule has 3 heteroatoms. The van der Waals surface area contributed by atoms with Gasteiger partial charge in [-0.15, -0.1) is 0 Å². The van der Waals surface area contributed by atoms with Gasteiger partial charge in [0.15, 0.2) is 0 Å². The minimum atomic E-state index is 0.466. The summed E-state index contributed by atoms with van der Waals surface area (Å²) in [5.41, 5.74) is 2.41. The predicted molar refractivity (Wildman–Crippen MR) is 82.5 cm³/mol. The third kappa shape index (κ3) is 3.50. The van der Waals surface area contributed by atoms with Crippen LogP contribution in [0.5, 0.6) is 0 Å². The fourth-order valence-electron chi connectivity index (χ4n) is 1.80. The van der Waals surface area contributed by atoms with E-state index in [-0.39, 0.29) is 0 Å². The molecule has 0 radical (unpaired) electrons. The Labute approximate surface area is 121 Å². The van der Waals surface area contributed by atoms with E-state index in [9.17, 15) is 0 Å². The molecule has 1 atom stereocenters. The minimum Gasteiger partial charge on any atom is -0.384 e. The minimum absolute atomic E-state index is 0.466. The summed E-state index contributed by atoms with van der Waals surface area (Å²) in [6.45, 7) is 3.11. The highest BCUT2D eigenvalue weighted by Crippen LogP contribution is 2.26. The first kappa shape index (κ1) is 13.4. The van der Waals surface area contributed by atoms with Gasteiger partial charge < -0.3 is 5.32 Å². The first-order valence-corrected chi connectivity index (χ1v) is 7.08. The maximum atomic E-state index is 5.92. The highest BCUT2D eigenvalue weighted by atomic mass is 79.9. The number of benzene rings is 2. The lowest BCUT2D eigenvalue weighted by molar-refractivity contribution is 0.804. The Kier molecular flexibility index (Phi) is 4.67. The van der Waals surface area contributed by atoms with Crippen molar-refractivity contribution < 1.29 is 0 Å². The van der Waals surface area contributed by atoms with E-state index in [4.69, 9.17) is 11.6 Å². The zero-order valence-electron chi connectivity index (χ0n) is 10.2. The molecule has 0 heterocycles. The molecule has 2 rings (SSSR count). The van der Waals surface area contributed by atoms with E-state index < -0.39 is 0 Å². The Morgan fingerprint density at radius 3 is 2.56 bits per heavy atom. The van der Waals surface area contributed by atoms with Crippen LogP contribution in [0.25, 0.3) is 0 Å². The van der Waals surface area contributed by atoms with Gasteiger partial charge in [0.2, 0.25) is 0 Å². The van der Waals surface area contributed by atoms with Crippen LogP contribution in [0.2, 0.25) is 5.02 Å². The molecule has 0 aromatic heterocycles. The van der Waals surface area contributed by atoms with Crippen molar-refractivity contribution in [2.24, 2.45) is 0 Å². The van der Waals surface area contributed by atoms with E-state index in [0.717, 1.165) is 21.7 Å². The van der Waals surface area contributed by atoms with Crippen molar-refractivity contribution in [3.8, 4) is 0 Å². The second-order valence-electron chi connectivity index (χ2n) is 4.32. The maximum absolute atomic E-state index is 5.92. The van der Waals surface area contributed by atoms with Gasteiger partial charge in [-0.2, -0.15) is 0 Å². The van der Waals surface area contributed by atoms with Crippen molar-refractivity contribution in [1.82, 2.24) is 0 Å². The summed E-state index contributed by atoms with van der Waals surface area (Å²) < 4.78 is 0.996. The van der Waals surface area contributed by atoms with Crippen LogP contribution in [0.15, 0.2) is 53.0 Å². The third-order valence-corrected chi connectivity index (χ3v) is 3.79. The summed E-state index contributed by atoms with van der Waals surface area (Å²) in [4.78, 5) is 0. The quantitative estimate of drug-likeness (QED) is 0.802. The summed E-state index contributed by atoms with van der Waals surface area (Å²) in [6, 6.07) is 16.3. The molecule has 0 fully saturated rings. The van der Waals surface area contributed by atoms with Crippen LogP contribution in [-0.4, -0.2) is 6.54 Å². The lowest BCUT2D eigenvalue weighted by atomic mass is 10.0. The second-order valence-corrected chi connectivity index (χ2v) is 5.61. The molecule has 0 bridgehead atoms. The normalized spacial score (nSPS) is 12.2. The molecule has 2 aromatic rings. The highest BCUT2D eigenvalue weighted by Gasteiger charge is 2.06. The van der Waals surface area contributed by atoms with Crippen LogP contribution in [0.3, 0.4) is 0 Å². The lowest BCUT2D eigenvalue weighted by Gasteiger charge is -2.15. The smallest absolute Gasteiger partial charge is 0.0485 e. The van der Waals surface area contributed by atoms with Gasteiger partial charge in [0.1, 0.15) is 0 Å². The van der Waals surface area contributed by atoms with E-state index in [1.807, 2.05) is 24.3 Å². The van der Waals surface area contributed by atoms with Crippen LogP contribution < -0.4 is 5.32 Å². The van der Waals surface area contributed by atoms with Gasteiger partial charge >= 0.3 is 0 Å².